The van der Waals surface area contributed by atoms with Crippen molar-refractivity contribution >= 4 is 40.7 Å². The molecule has 3 rings (SSSR count). The van der Waals surface area contributed by atoms with Gasteiger partial charge in [-0.1, -0.05) is 29.3 Å². The molecule has 0 amide bonds. The molecule has 0 aliphatic carbocycles. The Balaban J connectivity index is 0.00000121. The van der Waals surface area contributed by atoms with Gasteiger partial charge in [0.1, 0.15) is 0 Å². The van der Waals surface area contributed by atoms with Gasteiger partial charge in [-0.3, -0.25) is 4.90 Å². The third-order valence-electron chi connectivity index (χ3n) is 4.01. The molecule has 2 heterocycles. The van der Waals surface area contributed by atoms with Crippen molar-refractivity contribution < 1.29 is 9.47 Å². The predicted octanol–water partition coefficient (Wildman–Crippen LogP) is 3.77. The van der Waals surface area contributed by atoms with E-state index < -0.39 is 0 Å². The van der Waals surface area contributed by atoms with E-state index in [-0.39, 0.29) is 24.8 Å². The Morgan fingerprint density at radius 3 is 2.45 bits per heavy atom. The molecule has 0 aromatic heterocycles. The summed E-state index contributed by atoms with van der Waals surface area (Å²) in [6.07, 6.45) is 2.34. The number of nitrogens with one attached hydrogen (secondary N) is 1. The van der Waals surface area contributed by atoms with E-state index in [1.165, 1.54) is 12.0 Å². The normalized spacial score (nSPS) is 18.3. The molecule has 1 atom stereocenters. The lowest BCUT2D eigenvalue weighted by atomic mass is 9.99. The average Bonchev–Trinajstić information content (AvgIpc) is 2.92. The van der Waals surface area contributed by atoms with Crippen LogP contribution in [0.2, 0.25) is 0 Å². The zero-order valence-electron chi connectivity index (χ0n) is 12.6. The largest absolute Gasteiger partial charge is 0.454 e. The van der Waals surface area contributed by atoms with E-state index in [0.29, 0.717) is 12.8 Å². The van der Waals surface area contributed by atoms with Crippen molar-refractivity contribution in [1.82, 2.24) is 10.2 Å². The van der Waals surface area contributed by atoms with Crippen molar-refractivity contribution in [2.75, 3.05) is 33.0 Å². The fourth-order valence-corrected chi connectivity index (χ4v) is 3.58. The third-order valence-corrected chi connectivity index (χ3v) is 4.69. The van der Waals surface area contributed by atoms with Crippen molar-refractivity contribution in [1.29, 1.82) is 0 Å². The minimum absolute atomic E-state index is 0. The van der Waals surface area contributed by atoms with Crippen molar-refractivity contribution in [3.8, 4) is 11.5 Å². The molecular weight excluding hydrogens is 391 g/mol. The molecule has 0 unspecified atom stereocenters. The molecule has 4 nitrogen and oxygen atoms in total. The summed E-state index contributed by atoms with van der Waals surface area (Å²) >= 11 is 3.71. The Kier molecular flexibility index (Phi) is 8.28. The summed E-state index contributed by atoms with van der Waals surface area (Å²) in [6, 6.07) is 4.64. The van der Waals surface area contributed by atoms with Gasteiger partial charge >= 0.3 is 0 Å². The van der Waals surface area contributed by atoms with Crippen LogP contribution >= 0.6 is 40.7 Å². The topological polar surface area (TPSA) is 33.7 Å². The van der Waals surface area contributed by atoms with Gasteiger partial charge < -0.3 is 14.8 Å². The Labute approximate surface area is 152 Å². The number of halogens is 3. The quantitative estimate of drug-likeness (QED) is 0.814. The highest BCUT2D eigenvalue weighted by molar-refractivity contribution is 9.10. The van der Waals surface area contributed by atoms with E-state index >= 15 is 0 Å². The second kappa shape index (κ2) is 9.18. The van der Waals surface area contributed by atoms with Crippen LogP contribution < -0.4 is 14.8 Å². The summed E-state index contributed by atoms with van der Waals surface area (Å²) in [6.45, 7) is 6.93. The summed E-state index contributed by atoms with van der Waals surface area (Å²) in [5.74, 6) is 1.72. The maximum atomic E-state index is 5.54. The second-order valence-electron chi connectivity index (χ2n) is 5.32. The fraction of sp³-hybridized carbons (Fsp3) is 0.600. The molecule has 0 radical (unpaired) electrons. The molecule has 7 heteroatoms. The van der Waals surface area contributed by atoms with Gasteiger partial charge in [-0.15, -0.1) is 24.8 Å². The van der Waals surface area contributed by atoms with Gasteiger partial charge in [0.2, 0.25) is 6.79 Å². The maximum Gasteiger partial charge on any atom is 0.231 e. The third kappa shape index (κ3) is 4.20. The average molecular weight is 414 g/mol. The smallest absolute Gasteiger partial charge is 0.231 e. The first-order valence-corrected chi connectivity index (χ1v) is 8.12. The first-order valence-electron chi connectivity index (χ1n) is 7.33. The number of benzene rings is 1. The van der Waals surface area contributed by atoms with E-state index in [4.69, 9.17) is 9.47 Å². The molecule has 0 bridgehead atoms. The molecule has 126 valence electrons. The van der Waals surface area contributed by atoms with Crippen molar-refractivity contribution in [2.45, 2.75) is 25.8 Å². The highest BCUT2D eigenvalue weighted by Gasteiger charge is 2.26. The highest BCUT2D eigenvalue weighted by Crippen LogP contribution is 2.41. The van der Waals surface area contributed by atoms with E-state index in [2.05, 4.69) is 39.1 Å². The molecule has 1 saturated heterocycles. The molecule has 2 aliphatic heterocycles. The van der Waals surface area contributed by atoms with Gasteiger partial charge in [0.25, 0.3) is 0 Å². The van der Waals surface area contributed by atoms with Gasteiger partial charge in [-0.05, 0) is 24.1 Å². The standard InChI is InChI=1S/C15H21BrN2O2.2ClH/c1-2-3-13(18-6-4-17-5-7-18)11-8-14-15(9-12(11)16)20-10-19-14;;/h8-9,13,17H,2-7,10H2,1H3;2*1H/t13-;;/m0../s1. The Morgan fingerprint density at radius 2 is 1.82 bits per heavy atom. The number of piperazine rings is 1. The lowest BCUT2D eigenvalue weighted by Crippen LogP contribution is -2.45. The SMILES string of the molecule is CCC[C@@H](c1cc2c(cc1Br)OCO2)N1CCNCC1.Cl.Cl. The number of nitrogens with zero attached hydrogens (tertiary/aromatic N) is 1. The molecule has 1 aromatic rings. The molecule has 1 aromatic carbocycles. The van der Waals surface area contributed by atoms with Crippen molar-refractivity contribution in [3.63, 3.8) is 0 Å². The van der Waals surface area contributed by atoms with Gasteiger partial charge in [0.15, 0.2) is 11.5 Å². The van der Waals surface area contributed by atoms with Crippen LogP contribution in [0.1, 0.15) is 31.4 Å². The molecular formula is C15H23BrCl2N2O2. The minimum atomic E-state index is 0. The first-order chi connectivity index (χ1) is 9.79. The summed E-state index contributed by atoms with van der Waals surface area (Å²) in [5.41, 5.74) is 1.32. The first kappa shape index (κ1) is 19.8. The van der Waals surface area contributed by atoms with Crippen LogP contribution in [-0.2, 0) is 0 Å². The molecule has 1 N–H and O–H groups in total. The number of hydrogen-bond donors (Lipinski definition) is 1. The number of hydrogen-bond acceptors (Lipinski definition) is 4. The van der Waals surface area contributed by atoms with E-state index in [9.17, 15) is 0 Å². The van der Waals surface area contributed by atoms with Crippen LogP contribution in [0.25, 0.3) is 0 Å². The fourth-order valence-electron chi connectivity index (χ4n) is 2.99. The summed E-state index contributed by atoms with van der Waals surface area (Å²) in [7, 11) is 0. The van der Waals surface area contributed by atoms with Crippen molar-refractivity contribution in [3.05, 3.63) is 22.2 Å². The van der Waals surface area contributed by atoms with E-state index in [0.717, 1.165) is 48.6 Å². The highest BCUT2D eigenvalue weighted by atomic mass is 79.9. The van der Waals surface area contributed by atoms with Gasteiger partial charge in [-0.25, -0.2) is 0 Å². The van der Waals surface area contributed by atoms with Gasteiger partial charge in [0.05, 0.1) is 0 Å². The lowest BCUT2D eigenvalue weighted by molar-refractivity contribution is 0.163. The summed E-state index contributed by atoms with van der Waals surface area (Å²) in [4.78, 5) is 2.57. The monoisotopic (exact) mass is 412 g/mol. The van der Waals surface area contributed by atoms with Gasteiger partial charge in [-0.2, -0.15) is 0 Å². The summed E-state index contributed by atoms with van der Waals surface area (Å²) in [5, 5.41) is 3.42. The van der Waals surface area contributed by atoms with Crippen LogP contribution in [0.3, 0.4) is 0 Å². The van der Waals surface area contributed by atoms with E-state index in [1.54, 1.807) is 0 Å². The Bertz CT molecular complexity index is 485. The van der Waals surface area contributed by atoms with Crippen LogP contribution in [0.5, 0.6) is 11.5 Å². The van der Waals surface area contributed by atoms with E-state index in [1.807, 2.05) is 6.07 Å². The number of ether oxygens (including phenoxy) is 2. The molecule has 0 spiro atoms. The molecule has 1 fully saturated rings. The zero-order chi connectivity index (χ0) is 13.9. The number of rotatable bonds is 4. The predicted molar refractivity (Wildman–Crippen MR) is 96.9 cm³/mol. The Morgan fingerprint density at radius 1 is 1.18 bits per heavy atom. The molecule has 22 heavy (non-hydrogen) atoms. The molecule has 2 aliphatic rings. The van der Waals surface area contributed by atoms with Gasteiger partial charge in [0, 0.05) is 36.7 Å². The number of fused-ring (bicyclic) bond motifs is 1. The minimum Gasteiger partial charge on any atom is -0.454 e. The van der Waals surface area contributed by atoms with Crippen LogP contribution in [0.4, 0.5) is 0 Å². The van der Waals surface area contributed by atoms with Crippen LogP contribution in [0.15, 0.2) is 16.6 Å². The lowest BCUT2D eigenvalue weighted by Gasteiger charge is -2.35. The zero-order valence-corrected chi connectivity index (χ0v) is 15.9. The maximum absolute atomic E-state index is 5.54. The second-order valence-corrected chi connectivity index (χ2v) is 6.17. The van der Waals surface area contributed by atoms with Crippen LogP contribution in [-0.4, -0.2) is 37.9 Å². The molecule has 0 saturated carbocycles. The summed E-state index contributed by atoms with van der Waals surface area (Å²) < 4.78 is 12.1. The van der Waals surface area contributed by atoms with Crippen LogP contribution in [0, 0.1) is 0 Å². The van der Waals surface area contributed by atoms with Crippen molar-refractivity contribution in [2.24, 2.45) is 0 Å². The Hall–Kier alpha value is -0.200.